The van der Waals surface area contributed by atoms with E-state index in [0.29, 0.717) is 25.6 Å². The van der Waals surface area contributed by atoms with Crippen LogP contribution in [-0.4, -0.2) is 48.0 Å². The van der Waals surface area contributed by atoms with Gasteiger partial charge in [-0.25, -0.2) is 0 Å². The van der Waals surface area contributed by atoms with Crippen molar-refractivity contribution in [1.82, 2.24) is 10.2 Å². The van der Waals surface area contributed by atoms with Crippen molar-refractivity contribution >= 4 is 17.7 Å². The maximum absolute atomic E-state index is 11.8. The lowest BCUT2D eigenvalue weighted by Crippen LogP contribution is -2.42. The van der Waals surface area contributed by atoms with Gasteiger partial charge in [0.2, 0.25) is 5.91 Å². The van der Waals surface area contributed by atoms with E-state index in [9.17, 15) is 4.79 Å². The summed E-state index contributed by atoms with van der Waals surface area (Å²) in [5.41, 5.74) is 0. The molecule has 0 aromatic heterocycles. The van der Waals surface area contributed by atoms with Gasteiger partial charge in [0.15, 0.2) is 0 Å². The fourth-order valence-corrected chi connectivity index (χ4v) is 2.53. The van der Waals surface area contributed by atoms with Gasteiger partial charge in [-0.2, -0.15) is 11.8 Å². The van der Waals surface area contributed by atoms with Crippen LogP contribution < -0.4 is 5.32 Å². The van der Waals surface area contributed by atoms with E-state index in [1.807, 2.05) is 18.7 Å². The topological polar surface area (TPSA) is 32.3 Å². The van der Waals surface area contributed by atoms with E-state index in [0.717, 1.165) is 18.1 Å². The molecule has 1 aliphatic rings. The second kappa shape index (κ2) is 6.76. The smallest absolute Gasteiger partial charge is 0.224 e. The van der Waals surface area contributed by atoms with Gasteiger partial charge >= 0.3 is 0 Å². The molecule has 1 rings (SSSR count). The Morgan fingerprint density at radius 2 is 2.53 bits per heavy atom. The van der Waals surface area contributed by atoms with Gasteiger partial charge in [-0.05, 0) is 6.92 Å². The third-order valence-electron chi connectivity index (χ3n) is 2.44. The van der Waals surface area contributed by atoms with Crippen molar-refractivity contribution < 1.29 is 4.79 Å². The Labute approximate surface area is 96.0 Å². The second-order valence-electron chi connectivity index (χ2n) is 3.54. The minimum atomic E-state index is 0.162. The normalized spacial score (nSPS) is 20.7. The zero-order valence-corrected chi connectivity index (χ0v) is 9.98. The Morgan fingerprint density at radius 1 is 1.73 bits per heavy atom. The molecule has 4 heteroatoms. The quantitative estimate of drug-likeness (QED) is 0.711. The zero-order valence-electron chi connectivity index (χ0n) is 9.16. The number of terminal acetylenes is 1. The van der Waals surface area contributed by atoms with Gasteiger partial charge in [0, 0.05) is 37.1 Å². The van der Waals surface area contributed by atoms with Crippen LogP contribution in [0.4, 0.5) is 0 Å². The summed E-state index contributed by atoms with van der Waals surface area (Å²) in [6.45, 7) is 4.08. The highest BCUT2D eigenvalue weighted by Gasteiger charge is 2.19. The number of amides is 1. The van der Waals surface area contributed by atoms with Crippen molar-refractivity contribution in [1.29, 1.82) is 0 Å². The molecule has 1 fully saturated rings. The van der Waals surface area contributed by atoms with E-state index in [1.54, 1.807) is 4.90 Å². The number of carbonyl (C=O) groups is 1. The fourth-order valence-electron chi connectivity index (χ4n) is 1.58. The first kappa shape index (κ1) is 12.4. The number of carbonyl (C=O) groups excluding carboxylic acids is 1. The molecular formula is C11H18N2OS. The fraction of sp³-hybridized carbons (Fsp3) is 0.727. The van der Waals surface area contributed by atoms with Gasteiger partial charge in [0.05, 0.1) is 6.54 Å². The Balaban J connectivity index is 2.35. The number of thioether (sulfide) groups is 1. The van der Waals surface area contributed by atoms with E-state index in [1.165, 1.54) is 0 Å². The van der Waals surface area contributed by atoms with Crippen molar-refractivity contribution in [2.45, 2.75) is 19.4 Å². The maximum Gasteiger partial charge on any atom is 0.224 e. The lowest BCUT2D eigenvalue weighted by molar-refractivity contribution is -0.130. The van der Waals surface area contributed by atoms with Crippen LogP contribution >= 0.6 is 11.8 Å². The summed E-state index contributed by atoms with van der Waals surface area (Å²) in [6.07, 6.45) is 5.78. The molecule has 0 aromatic carbocycles. The van der Waals surface area contributed by atoms with Crippen molar-refractivity contribution in [2.75, 3.05) is 31.1 Å². The summed E-state index contributed by atoms with van der Waals surface area (Å²) in [6, 6.07) is 0.322. The number of nitrogens with zero attached hydrogens (tertiary/aromatic N) is 1. The molecule has 0 spiro atoms. The number of hydrogen-bond acceptors (Lipinski definition) is 3. The van der Waals surface area contributed by atoms with Crippen LogP contribution in [0.1, 0.15) is 13.3 Å². The highest BCUT2D eigenvalue weighted by Crippen LogP contribution is 2.11. The largest absolute Gasteiger partial charge is 0.332 e. The molecule has 1 heterocycles. The molecule has 0 bridgehead atoms. The van der Waals surface area contributed by atoms with Gasteiger partial charge in [-0.15, -0.1) is 6.42 Å². The highest BCUT2D eigenvalue weighted by atomic mass is 32.2. The number of rotatable bonds is 4. The van der Waals surface area contributed by atoms with Crippen LogP contribution in [0, 0.1) is 12.3 Å². The lowest BCUT2D eigenvalue weighted by Gasteiger charge is -2.25. The third-order valence-corrected chi connectivity index (χ3v) is 3.57. The molecule has 3 nitrogen and oxygen atoms in total. The SMILES string of the molecule is C#CCN(CC)C(=O)CC1CSCCN1. The van der Waals surface area contributed by atoms with Gasteiger partial charge in [0.1, 0.15) is 0 Å². The molecule has 15 heavy (non-hydrogen) atoms. The van der Waals surface area contributed by atoms with E-state index in [4.69, 9.17) is 6.42 Å². The predicted octanol–water partition coefficient (Wildman–Crippen LogP) is 0.563. The molecule has 1 unspecified atom stereocenters. The van der Waals surface area contributed by atoms with Crippen LogP contribution in [0.3, 0.4) is 0 Å². The van der Waals surface area contributed by atoms with Crippen LogP contribution in [0.5, 0.6) is 0 Å². The Bertz CT molecular complexity index is 243. The van der Waals surface area contributed by atoms with Crippen molar-refractivity contribution in [3.05, 3.63) is 0 Å². The van der Waals surface area contributed by atoms with Crippen LogP contribution in [-0.2, 0) is 4.79 Å². The Hall–Kier alpha value is -0.660. The monoisotopic (exact) mass is 226 g/mol. The molecule has 0 aliphatic carbocycles. The van der Waals surface area contributed by atoms with E-state index < -0.39 is 0 Å². The molecule has 0 saturated carbocycles. The average Bonchev–Trinajstić information content (AvgIpc) is 2.27. The van der Waals surface area contributed by atoms with Crippen LogP contribution in [0.2, 0.25) is 0 Å². The summed E-state index contributed by atoms with van der Waals surface area (Å²) in [5, 5.41) is 3.35. The highest BCUT2D eigenvalue weighted by molar-refractivity contribution is 7.99. The molecule has 1 N–H and O–H groups in total. The van der Waals surface area contributed by atoms with Crippen molar-refractivity contribution in [3.63, 3.8) is 0 Å². The van der Waals surface area contributed by atoms with Gasteiger partial charge in [-0.3, -0.25) is 4.79 Å². The van der Waals surface area contributed by atoms with Crippen LogP contribution in [0.15, 0.2) is 0 Å². The molecular weight excluding hydrogens is 208 g/mol. The molecule has 1 atom stereocenters. The first-order valence-electron chi connectivity index (χ1n) is 5.30. The summed E-state index contributed by atoms with van der Waals surface area (Å²) >= 11 is 1.90. The molecule has 84 valence electrons. The minimum Gasteiger partial charge on any atom is -0.332 e. The minimum absolute atomic E-state index is 0.162. The van der Waals surface area contributed by atoms with Crippen molar-refractivity contribution in [2.24, 2.45) is 0 Å². The molecule has 1 amide bonds. The maximum atomic E-state index is 11.8. The van der Waals surface area contributed by atoms with E-state index in [2.05, 4.69) is 11.2 Å². The van der Waals surface area contributed by atoms with Crippen molar-refractivity contribution in [3.8, 4) is 12.3 Å². The standard InChI is InChI=1S/C11H18N2OS/c1-3-6-13(4-2)11(14)8-10-9-15-7-5-12-10/h1,10,12H,4-9H2,2H3. The molecule has 1 saturated heterocycles. The lowest BCUT2D eigenvalue weighted by atomic mass is 10.2. The van der Waals surface area contributed by atoms with Gasteiger partial charge in [-0.1, -0.05) is 5.92 Å². The number of hydrogen-bond donors (Lipinski definition) is 1. The second-order valence-corrected chi connectivity index (χ2v) is 4.69. The molecule has 0 radical (unpaired) electrons. The van der Waals surface area contributed by atoms with Crippen LogP contribution in [0.25, 0.3) is 0 Å². The first-order chi connectivity index (χ1) is 7.27. The van der Waals surface area contributed by atoms with E-state index in [-0.39, 0.29) is 5.91 Å². The Kier molecular flexibility index (Phi) is 5.59. The molecule has 0 aromatic rings. The van der Waals surface area contributed by atoms with Gasteiger partial charge < -0.3 is 10.2 Å². The summed E-state index contributed by atoms with van der Waals surface area (Å²) in [7, 11) is 0. The first-order valence-corrected chi connectivity index (χ1v) is 6.45. The number of nitrogens with one attached hydrogen (secondary N) is 1. The van der Waals surface area contributed by atoms with E-state index >= 15 is 0 Å². The zero-order chi connectivity index (χ0) is 11.1. The Morgan fingerprint density at radius 3 is 3.07 bits per heavy atom. The summed E-state index contributed by atoms with van der Waals surface area (Å²) in [4.78, 5) is 13.5. The predicted molar refractivity (Wildman–Crippen MR) is 64.8 cm³/mol. The third kappa shape index (κ3) is 4.15. The molecule has 1 aliphatic heterocycles. The average molecular weight is 226 g/mol. The summed E-state index contributed by atoms with van der Waals surface area (Å²) in [5.74, 6) is 4.85. The summed E-state index contributed by atoms with van der Waals surface area (Å²) < 4.78 is 0. The van der Waals surface area contributed by atoms with Gasteiger partial charge in [0.25, 0.3) is 0 Å².